The number of fused-ring (bicyclic) bond motifs is 1. The molecule has 4 rings (SSSR count). The van der Waals surface area contributed by atoms with Crippen molar-refractivity contribution in [1.82, 2.24) is 24.6 Å². The lowest BCUT2D eigenvalue weighted by molar-refractivity contribution is -0.898. The normalized spacial score (nSPS) is 19.9. The Labute approximate surface area is 229 Å². The summed E-state index contributed by atoms with van der Waals surface area (Å²) < 4.78 is 4.53. The summed E-state index contributed by atoms with van der Waals surface area (Å²) in [6.07, 6.45) is 3.63. The average Bonchev–Trinajstić information content (AvgIpc) is 3.46. The predicted octanol–water partition coefficient (Wildman–Crippen LogP) is 0.0809. The Bertz CT molecular complexity index is 1350. The molecule has 2 aromatic heterocycles. The van der Waals surface area contributed by atoms with Crippen LogP contribution in [0.15, 0.2) is 34.0 Å². The van der Waals surface area contributed by atoms with Gasteiger partial charge in [0.25, 0.3) is 11.8 Å². The van der Waals surface area contributed by atoms with Crippen LogP contribution in [0.5, 0.6) is 0 Å². The van der Waals surface area contributed by atoms with Gasteiger partial charge in [-0.25, -0.2) is 9.78 Å². The van der Waals surface area contributed by atoms with Gasteiger partial charge in [0, 0.05) is 22.7 Å². The van der Waals surface area contributed by atoms with Crippen LogP contribution < -0.4 is 16.8 Å². The van der Waals surface area contributed by atoms with E-state index in [9.17, 15) is 19.5 Å². The smallest absolute Gasteiger partial charge is 0.352 e. The summed E-state index contributed by atoms with van der Waals surface area (Å²) in [6.45, 7) is 1.26. The predicted molar refractivity (Wildman–Crippen MR) is 144 cm³/mol. The molecule has 1 saturated heterocycles. The highest BCUT2D eigenvalue weighted by Crippen LogP contribution is 2.40. The third kappa shape index (κ3) is 5.79. The van der Waals surface area contributed by atoms with Crippen LogP contribution in [0.4, 0.5) is 10.3 Å². The van der Waals surface area contributed by atoms with E-state index in [1.165, 1.54) is 35.1 Å². The van der Waals surface area contributed by atoms with Crippen LogP contribution >= 0.6 is 34.6 Å². The van der Waals surface area contributed by atoms with Gasteiger partial charge in [0.05, 0.1) is 20.6 Å². The van der Waals surface area contributed by atoms with E-state index >= 15 is 0 Å². The number of carboxylic acid groups (broad SMARTS) is 1. The number of rotatable bonds is 10. The zero-order valence-electron chi connectivity index (χ0n) is 20.7. The standard InChI is InChI=1S/C21H25N9O5S3/c1-30(2,7-11-9-37-20(22)24-11)6-4-5-10-8-36-18-13(17(32)29(18)14(10)19(33)34)25-16(31)12(27-35-3)15-26-21(23)38-28-15/h4-5,9,13,18H,6-8H2,1-3H3,(H5-,22,23,24,25,26,28,31,33,34)/p+1/b5-4+,27-12-/t13-,18-/m1/s1. The number of carbonyl (C=O) groups is 3. The molecule has 1 fully saturated rings. The Morgan fingerprint density at radius 1 is 1.34 bits per heavy atom. The second-order valence-electron chi connectivity index (χ2n) is 8.97. The number of amides is 2. The molecule has 0 aliphatic carbocycles. The second kappa shape index (κ2) is 11.1. The quantitative estimate of drug-likeness (QED) is 0.128. The van der Waals surface area contributed by atoms with E-state index in [1.54, 1.807) is 6.08 Å². The molecule has 2 aliphatic rings. The number of thiazole rings is 1. The largest absolute Gasteiger partial charge is 0.477 e. The van der Waals surface area contributed by atoms with Gasteiger partial charge < -0.3 is 31.2 Å². The van der Waals surface area contributed by atoms with Crippen LogP contribution in [-0.2, 0) is 25.8 Å². The number of nitrogens with one attached hydrogen (secondary N) is 1. The van der Waals surface area contributed by atoms with Crippen molar-refractivity contribution in [1.29, 1.82) is 0 Å². The van der Waals surface area contributed by atoms with Crippen molar-refractivity contribution in [2.45, 2.75) is 18.0 Å². The van der Waals surface area contributed by atoms with Crippen molar-refractivity contribution in [3.05, 3.63) is 40.3 Å². The van der Waals surface area contributed by atoms with Crippen molar-refractivity contribution in [3.8, 4) is 0 Å². The maximum absolute atomic E-state index is 13.0. The second-order valence-corrected chi connectivity index (χ2v) is 11.8. The molecule has 0 aromatic carbocycles. The van der Waals surface area contributed by atoms with Crippen LogP contribution in [0, 0.1) is 0 Å². The number of β-lactam (4-membered cyclic amide) rings is 1. The minimum Gasteiger partial charge on any atom is -0.477 e. The summed E-state index contributed by atoms with van der Waals surface area (Å²) in [5.74, 6) is -2.19. The topological polar surface area (TPSA) is 199 Å². The van der Waals surface area contributed by atoms with Gasteiger partial charge in [-0.1, -0.05) is 11.2 Å². The fourth-order valence-electron chi connectivity index (χ4n) is 3.97. The fourth-order valence-corrected chi connectivity index (χ4v) is 6.27. The van der Waals surface area contributed by atoms with Gasteiger partial charge in [-0.3, -0.25) is 14.5 Å². The number of nitrogen functional groups attached to an aromatic ring is 2. The van der Waals surface area contributed by atoms with Gasteiger partial charge >= 0.3 is 5.97 Å². The van der Waals surface area contributed by atoms with Crippen molar-refractivity contribution in [2.75, 3.05) is 45.0 Å². The molecule has 202 valence electrons. The number of likely N-dealkylation sites (N-methyl/N-ethyl adjacent to an activating group) is 1. The lowest BCUT2D eigenvalue weighted by atomic mass is 10.0. The van der Waals surface area contributed by atoms with Crippen LogP contribution in [0.25, 0.3) is 0 Å². The molecule has 0 bridgehead atoms. The highest BCUT2D eigenvalue weighted by atomic mass is 32.2. The van der Waals surface area contributed by atoms with E-state index in [1.807, 2.05) is 25.6 Å². The number of hydrogen-bond donors (Lipinski definition) is 4. The number of allylic oxidation sites excluding steroid dienone is 1. The number of carboxylic acids is 1. The first-order chi connectivity index (χ1) is 18.0. The maximum Gasteiger partial charge on any atom is 0.352 e. The molecule has 6 N–H and O–H groups in total. The summed E-state index contributed by atoms with van der Waals surface area (Å²) in [4.78, 5) is 52.1. The molecular formula is C21H26N9O5S3+. The SMILES string of the molecule is CO/N=C(\C(=O)N[C@@H]1C(=O)N2C(C(=O)O)=C(/C=C/C[N+](C)(C)Cc3csc(N)n3)CS[C@H]12)c1nsc(N)n1. The first kappa shape index (κ1) is 27.5. The lowest BCUT2D eigenvalue weighted by Crippen LogP contribution is -2.71. The Hall–Kier alpha value is -3.54. The Morgan fingerprint density at radius 2 is 2.11 bits per heavy atom. The van der Waals surface area contributed by atoms with E-state index in [0.29, 0.717) is 34.0 Å². The fraction of sp³-hybridized carbons (Fsp3) is 0.381. The van der Waals surface area contributed by atoms with Crippen LogP contribution in [0.2, 0.25) is 0 Å². The number of aromatic nitrogens is 3. The van der Waals surface area contributed by atoms with Gasteiger partial charge in [-0.05, 0) is 11.6 Å². The number of aliphatic carboxylic acids is 1. The summed E-state index contributed by atoms with van der Waals surface area (Å²) in [5, 5.41) is 18.1. The monoisotopic (exact) mass is 580 g/mol. The number of oxime groups is 1. The van der Waals surface area contributed by atoms with E-state index in [0.717, 1.165) is 17.2 Å². The molecule has 0 radical (unpaired) electrons. The van der Waals surface area contributed by atoms with Crippen molar-refractivity contribution in [3.63, 3.8) is 0 Å². The molecular weight excluding hydrogens is 554 g/mol. The summed E-state index contributed by atoms with van der Waals surface area (Å²) in [6, 6.07) is -0.952. The van der Waals surface area contributed by atoms with E-state index < -0.39 is 29.2 Å². The minimum absolute atomic E-state index is 0.0371. The lowest BCUT2D eigenvalue weighted by Gasteiger charge is -2.49. The summed E-state index contributed by atoms with van der Waals surface area (Å²) >= 11 is 3.62. The van der Waals surface area contributed by atoms with Crippen molar-refractivity contribution in [2.24, 2.45) is 5.16 Å². The molecule has 0 spiro atoms. The number of anilines is 2. The van der Waals surface area contributed by atoms with Crippen molar-refractivity contribution >= 4 is 68.4 Å². The number of hydrogen-bond acceptors (Lipinski definition) is 13. The van der Waals surface area contributed by atoms with E-state index in [2.05, 4.69) is 24.8 Å². The minimum atomic E-state index is -1.22. The number of quaternary nitrogens is 1. The zero-order valence-corrected chi connectivity index (χ0v) is 23.1. The molecule has 2 atom stereocenters. The highest BCUT2D eigenvalue weighted by Gasteiger charge is 2.54. The maximum atomic E-state index is 13.0. The average molecular weight is 581 g/mol. The molecule has 0 saturated carbocycles. The first-order valence-electron chi connectivity index (χ1n) is 11.1. The molecule has 38 heavy (non-hydrogen) atoms. The number of thioether (sulfide) groups is 1. The van der Waals surface area contributed by atoms with E-state index in [4.69, 9.17) is 16.3 Å². The molecule has 2 aromatic rings. The van der Waals surface area contributed by atoms with Crippen LogP contribution in [-0.4, -0.2) is 97.2 Å². The van der Waals surface area contributed by atoms with Crippen LogP contribution in [0.1, 0.15) is 11.5 Å². The van der Waals surface area contributed by atoms with Crippen molar-refractivity contribution < 1.29 is 28.8 Å². The van der Waals surface area contributed by atoms with Gasteiger partial charge in [-0.15, -0.1) is 23.1 Å². The Morgan fingerprint density at radius 3 is 2.71 bits per heavy atom. The third-order valence-electron chi connectivity index (χ3n) is 5.62. The molecule has 14 nitrogen and oxygen atoms in total. The van der Waals surface area contributed by atoms with Gasteiger partial charge in [0.1, 0.15) is 36.5 Å². The Kier molecular flexibility index (Phi) is 8.00. The summed E-state index contributed by atoms with van der Waals surface area (Å²) in [7, 11) is 5.31. The van der Waals surface area contributed by atoms with Gasteiger partial charge in [0.15, 0.2) is 10.3 Å². The van der Waals surface area contributed by atoms with E-state index in [-0.39, 0.29) is 22.4 Å². The van der Waals surface area contributed by atoms with Gasteiger partial charge in [0.2, 0.25) is 11.5 Å². The van der Waals surface area contributed by atoms with Crippen LogP contribution in [0.3, 0.4) is 0 Å². The zero-order chi connectivity index (χ0) is 27.6. The number of carbonyl (C=O) groups excluding carboxylic acids is 2. The molecule has 4 heterocycles. The molecule has 0 unspecified atom stereocenters. The number of nitrogens with two attached hydrogens (primary N) is 2. The third-order valence-corrected chi connectivity index (χ3v) is 8.18. The molecule has 17 heteroatoms. The highest BCUT2D eigenvalue weighted by molar-refractivity contribution is 8.00. The number of nitrogens with zero attached hydrogens (tertiary/aromatic N) is 6. The molecule has 2 amide bonds. The summed E-state index contributed by atoms with van der Waals surface area (Å²) in [5.41, 5.74) is 12.4. The first-order valence-corrected chi connectivity index (χ1v) is 13.8. The van der Waals surface area contributed by atoms with Gasteiger partial charge in [-0.2, -0.15) is 9.36 Å². The Balaban J connectivity index is 1.45. The molecule has 2 aliphatic heterocycles.